The van der Waals surface area contributed by atoms with Crippen LogP contribution in [0.4, 0.5) is 0 Å². The molecule has 0 amide bonds. The van der Waals surface area contributed by atoms with E-state index in [-0.39, 0.29) is 5.41 Å². The molecule has 0 aromatic heterocycles. The van der Waals surface area contributed by atoms with E-state index in [4.69, 9.17) is 5.73 Å². The smallest absolute Gasteiger partial charge is 0.0377 e. The van der Waals surface area contributed by atoms with Crippen LogP contribution in [-0.4, -0.2) is 18.0 Å². The van der Waals surface area contributed by atoms with Crippen molar-refractivity contribution in [3.8, 4) is 0 Å². The number of hydrogen-bond acceptors (Lipinski definition) is 2. The minimum Gasteiger partial charge on any atom is -0.401 e. The van der Waals surface area contributed by atoms with Gasteiger partial charge in [-0.1, -0.05) is 45.5 Å². The van der Waals surface area contributed by atoms with Gasteiger partial charge < -0.3 is 5.73 Å². The van der Waals surface area contributed by atoms with Gasteiger partial charge in [0.1, 0.15) is 0 Å². The summed E-state index contributed by atoms with van der Waals surface area (Å²) in [6.45, 7) is 13.5. The average Bonchev–Trinajstić information content (AvgIpc) is 2.26. The first-order chi connectivity index (χ1) is 8.36. The first-order valence-electron chi connectivity index (χ1n) is 6.64. The van der Waals surface area contributed by atoms with Crippen LogP contribution < -0.4 is 5.73 Å². The maximum atomic E-state index is 5.71. The molecule has 2 nitrogen and oxygen atoms in total. The van der Waals surface area contributed by atoms with Gasteiger partial charge in [-0.05, 0) is 28.5 Å². The molecule has 1 aliphatic rings. The summed E-state index contributed by atoms with van der Waals surface area (Å²) in [5, 5.41) is 0. The molecule has 0 saturated heterocycles. The van der Waals surface area contributed by atoms with Gasteiger partial charge in [0.05, 0.1) is 0 Å². The molecular weight excluding hydrogens is 220 g/mol. The van der Waals surface area contributed by atoms with Crippen molar-refractivity contribution in [1.82, 2.24) is 4.90 Å². The normalized spacial score (nSPS) is 16.4. The minimum atomic E-state index is 0.217. The molecule has 1 aromatic rings. The SMILES string of the molecule is C=C(N)CN1CCc2ccc(C(C)(C)C)cc2C1. The third kappa shape index (κ3) is 2.94. The molecule has 18 heavy (non-hydrogen) atoms. The first kappa shape index (κ1) is 13.2. The Labute approximate surface area is 110 Å². The van der Waals surface area contributed by atoms with E-state index >= 15 is 0 Å². The summed E-state index contributed by atoms with van der Waals surface area (Å²) in [5.41, 5.74) is 11.0. The fourth-order valence-corrected chi connectivity index (χ4v) is 2.50. The molecule has 2 rings (SSSR count). The Balaban J connectivity index is 2.22. The third-order valence-corrected chi connectivity index (χ3v) is 3.59. The maximum absolute atomic E-state index is 5.71. The molecule has 0 unspecified atom stereocenters. The molecule has 0 radical (unpaired) electrons. The highest BCUT2D eigenvalue weighted by atomic mass is 15.1. The second-order valence-electron chi connectivity index (χ2n) is 6.35. The zero-order chi connectivity index (χ0) is 13.3. The van der Waals surface area contributed by atoms with Gasteiger partial charge in [0, 0.05) is 25.3 Å². The predicted octanol–water partition coefficient (Wildman–Crippen LogP) is 2.81. The zero-order valence-corrected chi connectivity index (χ0v) is 11.8. The molecule has 0 fully saturated rings. The molecule has 1 heterocycles. The van der Waals surface area contributed by atoms with Crippen LogP contribution in [-0.2, 0) is 18.4 Å². The second kappa shape index (κ2) is 4.77. The summed E-state index contributed by atoms with van der Waals surface area (Å²) in [5.74, 6) is 0. The first-order valence-corrected chi connectivity index (χ1v) is 6.64. The predicted molar refractivity (Wildman–Crippen MR) is 77.5 cm³/mol. The summed E-state index contributed by atoms with van der Waals surface area (Å²) in [4.78, 5) is 2.37. The summed E-state index contributed by atoms with van der Waals surface area (Å²) in [6.07, 6.45) is 1.12. The van der Waals surface area contributed by atoms with Crippen molar-refractivity contribution in [2.24, 2.45) is 5.73 Å². The van der Waals surface area contributed by atoms with Crippen molar-refractivity contribution < 1.29 is 0 Å². The summed E-state index contributed by atoms with van der Waals surface area (Å²) < 4.78 is 0. The Morgan fingerprint density at radius 2 is 2.06 bits per heavy atom. The molecule has 98 valence electrons. The molecule has 0 bridgehead atoms. The van der Waals surface area contributed by atoms with Gasteiger partial charge in [0.2, 0.25) is 0 Å². The van der Waals surface area contributed by atoms with Crippen molar-refractivity contribution in [3.05, 3.63) is 47.2 Å². The van der Waals surface area contributed by atoms with Crippen LogP contribution in [0.5, 0.6) is 0 Å². The molecule has 1 aliphatic heterocycles. The molecule has 0 atom stereocenters. The average molecular weight is 244 g/mol. The topological polar surface area (TPSA) is 29.3 Å². The van der Waals surface area contributed by atoms with Gasteiger partial charge in [-0.25, -0.2) is 0 Å². The highest BCUT2D eigenvalue weighted by molar-refractivity contribution is 5.36. The summed E-state index contributed by atoms with van der Waals surface area (Å²) in [7, 11) is 0. The van der Waals surface area contributed by atoms with Gasteiger partial charge in [0.15, 0.2) is 0 Å². The van der Waals surface area contributed by atoms with Crippen LogP contribution in [0.2, 0.25) is 0 Å². The quantitative estimate of drug-likeness (QED) is 0.867. The lowest BCUT2D eigenvalue weighted by atomic mass is 9.84. The van der Waals surface area contributed by atoms with Gasteiger partial charge in [-0.3, -0.25) is 4.90 Å². The van der Waals surface area contributed by atoms with E-state index in [1.807, 2.05) is 0 Å². The molecule has 0 saturated carbocycles. The monoisotopic (exact) mass is 244 g/mol. The van der Waals surface area contributed by atoms with E-state index in [1.165, 1.54) is 16.7 Å². The van der Waals surface area contributed by atoms with Gasteiger partial charge in [0.25, 0.3) is 0 Å². The summed E-state index contributed by atoms with van der Waals surface area (Å²) >= 11 is 0. The van der Waals surface area contributed by atoms with Crippen LogP contribution in [0.25, 0.3) is 0 Å². The number of hydrogen-bond donors (Lipinski definition) is 1. The molecule has 0 aliphatic carbocycles. The number of rotatable bonds is 2. The lowest BCUT2D eigenvalue weighted by molar-refractivity contribution is 0.275. The zero-order valence-electron chi connectivity index (χ0n) is 11.8. The Morgan fingerprint density at radius 3 is 2.67 bits per heavy atom. The van der Waals surface area contributed by atoms with Crippen molar-refractivity contribution in [1.29, 1.82) is 0 Å². The van der Waals surface area contributed by atoms with Crippen LogP contribution in [0.3, 0.4) is 0 Å². The lowest BCUT2D eigenvalue weighted by Crippen LogP contribution is -2.33. The van der Waals surface area contributed by atoms with E-state index < -0.39 is 0 Å². The summed E-state index contributed by atoms with van der Waals surface area (Å²) in [6, 6.07) is 6.93. The van der Waals surface area contributed by atoms with Crippen LogP contribution in [0.15, 0.2) is 30.5 Å². The van der Waals surface area contributed by atoms with Gasteiger partial charge in [-0.2, -0.15) is 0 Å². The Kier molecular flexibility index (Phi) is 3.49. The van der Waals surface area contributed by atoms with E-state index in [0.29, 0.717) is 0 Å². The van der Waals surface area contributed by atoms with E-state index in [9.17, 15) is 0 Å². The van der Waals surface area contributed by atoms with Crippen molar-refractivity contribution in [2.45, 2.75) is 39.2 Å². The van der Waals surface area contributed by atoms with E-state index in [0.717, 1.165) is 31.8 Å². The second-order valence-corrected chi connectivity index (χ2v) is 6.35. The molecular formula is C16H24N2. The molecule has 0 spiro atoms. The Bertz CT molecular complexity index is 455. The molecule has 1 aromatic carbocycles. The minimum absolute atomic E-state index is 0.217. The molecule has 2 N–H and O–H groups in total. The highest BCUT2D eigenvalue weighted by Gasteiger charge is 2.20. The van der Waals surface area contributed by atoms with E-state index in [1.54, 1.807) is 0 Å². The van der Waals surface area contributed by atoms with Crippen LogP contribution in [0.1, 0.15) is 37.5 Å². The third-order valence-electron chi connectivity index (χ3n) is 3.59. The number of benzene rings is 1. The van der Waals surface area contributed by atoms with Crippen LogP contribution in [0, 0.1) is 0 Å². The number of fused-ring (bicyclic) bond motifs is 1. The van der Waals surface area contributed by atoms with Gasteiger partial charge >= 0.3 is 0 Å². The Morgan fingerprint density at radius 1 is 1.33 bits per heavy atom. The van der Waals surface area contributed by atoms with Gasteiger partial charge in [-0.15, -0.1) is 0 Å². The van der Waals surface area contributed by atoms with Crippen molar-refractivity contribution >= 4 is 0 Å². The highest BCUT2D eigenvalue weighted by Crippen LogP contribution is 2.27. The largest absolute Gasteiger partial charge is 0.401 e. The van der Waals surface area contributed by atoms with Crippen molar-refractivity contribution in [3.63, 3.8) is 0 Å². The Hall–Kier alpha value is -1.28. The van der Waals surface area contributed by atoms with E-state index in [2.05, 4.69) is 50.4 Å². The molecule has 2 heteroatoms. The fraction of sp³-hybridized carbons (Fsp3) is 0.500. The standard InChI is InChI=1S/C16H24N2/c1-12(17)10-18-8-7-13-5-6-15(16(2,3)4)9-14(13)11-18/h5-6,9H,1,7-8,10-11,17H2,2-4H3. The fourth-order valence-electron chi connectivity index (χ4n) is 2.50. The van der Waals surface area contributed by atoms with Crippen molar-refractivity contribution in [2.75, 3.05) is 13.1 Å². The lowest BCUT2D eigenvalue weighted by Gasteiger charge is -2.30. The van der Waals surface area contributed by atoms with Crippen LogP contribution >= 0.6 is 0 Å². The maximum Gasteiger partial charge on any atom is 0.0377 e. The number of nitrogens with two attached hydrogens (primary N) is 1. The number of nitrogens with zero attached hydrogens (tertiary/aromatic N) is 1.